The zero-order chi connectivity index (χ0) is 15.5. The van der Waals surface area contributed by atoms with Gasteiger partial charge >= 0.3 is 0 Å². The van der Waals surface area contributed by atoms with Crippen molar-refractivity contribution in [3.8, 4) is 0 Å². The Labute approximate surface area is 129 Å². The molecule has 21 heavy (non-hydrogen) atoms. The fraction of sp³-hybridized carbons (Fsp3) is 0.462. The lowest BCUT2D eigenvalue weighted by Crippen LogP contribution is -2.40. The first kappa shape index (κ1) is 16.2. The first-order valence-electron chi connectivity index (χ1n) is 6.49. The molecular formula is C13H17ClN2O4S. The fourth-order valence-corrected chi connectivity index (χ4v) is 3.52. The topological polar surface area (TPSA) is 75.7 Å². The largest absolute Gasteiger partial charge is 0.379 e. The monoisotopic (exact) mass is 332 g/mol. The number of nitrogens with zero attached hydrogens (tertiary/aromatic N) is 1. The zero-order valence-corrected chi connectivity index (χ0v) is 13.2. The molecule has 0 aromatic heterocycles. The smallest absolute Gasteiger partial charge is 0.243 e. The van der Waals surface area contributed by atoms with Gasteiger partial charge in [0.1, 0.15) is 5.88 Å². The number of benzene rings is 1. The number of hydrogen-bond acceptors (Lipinski definition) is 4. The number of sulfonamides is 1. The third-order valence-corrected chi connectivity index (χ3v) is 5.35. The highest BCUT2D eigenvalue weighted by molar-refractivity contribution is 7.89. The second kappa shape index (κ2) is 6.74. The van der Waals surface area contributed by atoms with Crippen molar-refractivity contribution >= 4 is 33.2 Å². The molecule has 1 aromatic rings. The van der Waals surface area contributed by atoms with E-state index in [9.17, 15) is 13.2 Å². The van der Waals surface area contributed by atoms with Gasteiger partial charge in [0.25, 0.3) is 0 Å². The van der Waals surface area contributed by atoms with Gasteiger partial charge in [0, 0.05) is 18.8 Å². The van der Waals surface area contributed by atoms with Gasteiger partial charge in [-0.15, -0.1) is 11.6 Å². The number of amides is 1. The Morgan fingerprint density at radius 3 is 2.67 bits per heavy atom. The minimum Gasteiger partial charge on any atom is -0.379 e. The maximum absolute atomic E-state index is 12.5. The molecule has 0 aliphatic carbocycles. The summed E-state index contributed by atoms with van der Waals surface area (Å²) >= 11 is 5.45. The minimum absolute atomic E-state index is 0.153. The third-order valence-electron chi connectivity index (χ3n) is 3.21. The number of halogens is 1. The number of carbonyl (C=O) groups is 1. The van der Waals surface area contributed by atoms with Crippen molar-refractivity contribution in [2.75, 3.05) is 37.5 Å². The Hall–Kier alpha value is -1.15. The van der Waals surface area contributed by atoms with Crippen LogP contribution in [0.25, 0.3) is 0 Å². The van der Waals surface area contributed by atoms with E-state index in [2.05, 4.69) is 5.32 Å². The third kappa shape index (κ3) is 3.74. The molecule has 1 aliphatic heterocycles. The molecule has 1 aromatic carbocycles. The van der Waals surface area contributed by atoms with Crippen LogP contribution in [0.3, 0.4) is 0 Å². The fourth-order valence-electron chi connectivity index (χ4n) is 2.02. The van der Waals surface area contributed by atoms with Crippen molar-refractivity contribution in [1.29, 1.82) is 0 Å². The number of hydrogen-bond donors (Lipinski definition) is 1. The van der Waals surface area contributed by atoms with Crippen LogP contribution in [0.1, 0.15) is 5.56 Å². The number of morpholine rings is 1. The molecule has 0 spiro atoms. The van der Waals surface area contributed by atoms with Gasteiger partial charge in [-0.1, -0.05) is 6.07 Å². The van der Waals surface area contributed by atoms with E-state index >= 15 is 0 Å². The van der Waals surface area contributed by atoms with Crippen LogP contribution in [-0.4, -0.2) is 50.8 Å². The summed E-state index contributed by atoms with van der Waals surface area (Å²) < 4.78 is 31.6. The summed E-state index contributed by atoms with van der Waals surface area (Å²) in [5.74, 6) is -0.555. The first-order chi connectivity index (χ1) is 9.95. The van der Waals surface area contributed by atoms with E-state index in [1.807, 2.05) is 0 Å². The molecule has 1 amide bonds. The van der Waals surface area contributed by atoms with Crippen LogP contribution in [0.4, 0.5) is 5.69 Å². The predicted octanol–water partition coefficient (Wildman–Crippen LogP) is 1.19. The van der Waals surface area contributed by atoms with Gasteiger partial charge in [-0.05, 0) is 24.6 Å². The number of carbonyl (C=O) groups excluding carboxylic acids is 1. The average Bonchev–Trinajstić information content (AvgIpc) is 2.50. The number of anilines is 1. The van der Waals surface area contributed by atoms with Crippen LogP contribution in [0.5, 0.6) is 0 Å². The molecule has 0 unspecified atom stereocenters. The summed E-state index contributed by atoms with van der Waals surface area (Å²) in [6.45, 7) is 3.23. The van der Waals surface area contributed by atoms with Crippen molar-refractivity contribution in [2.45, 2.75) is 11.8 Å². The molecule has 1 fully saturated rings. The molecule has 6 nitrogen and oxygen atoms in total. The molecular weight excluding hydrogens is 316 g/mol. The Morgan fingerprint density at radius 2 is 2.05 bits per heavy atom. The van der Waals surface area contributed by atoms with E-state index in [0.29, 0.717) is 32.0 Å². The Kier molecular flexibility index (Phi) is 5.21. The zero-order valence-electron chi connectivity index (χ0n) is 11.6. The molecule has 8 heteroatoms. The molecule has 0 bridgehead atoms. The van der Waals surface area contributed by atoms with E-state index in [4.69, 9.17) is 16.3 Å². The van der Waals surface area contributed by atoms with Crippen LogP contribution in [-0.2, 0) is 19.6 Å². The SMILES string of the molecule is Cc1ccc(S(=O)(=O)N2CCOCC2)cc1NC(=O)CCl. The predicted molar refractivity (Wildman–Crippen MR) is 80.1 cm³/mol. The lowest BCUT2D eigenvalue weighted by molar-refractivity contribution is -0.113. The molecule has 0 atom stereocenters. The molecule has 2 rings (SSSR count). The molecule has 0 saturated carbocycles. The summed E-state index contributed by atoms with van der Waals surface area (Å²) in [5, 5.41) is 2.60. The van der Waals surface area contributed by atoms with E-state index in [-0.39, 0.29) is 16.7 Å². The van der Waals surface area contributed by atoms with Crippen molar-refractivity contribution in [2.24, 2.45) is 0 Å². The lowest BCUT2D eigenvalue weighted by atomic mass is 10.2. The van der Waals surface area contributed by atoms with Gasteiger partial charge in [-0.2, -0.15) is 4.31 Å². The molecule has 1 N–H and O–H groups in total. The summed E-state index contributed by atoms with van der Waals surface area (Å²) in [4.78, 5) is 11.5. The van der Waals surface area contributed by atoms with Crippen molar-refractivity contribution < 1.29 is 17.9 Å². The summed E-state index contributed by atoms with van der Waals surface area (Å²) in [6, 6.07) is 4.66. The standard InChI is InChI=1S/C13H17ClN2O4S/c1-10-2-3-11(8-12(10)15-13(17)9-14)21(18,19)16-4-6-20-7-5-16/h2-3,8H,4-7,9H2,1H3,(H,15,17). The summed E-state index contributed by atoms with van der Waals surface area (Å²) in [7, 11) is -3.57. The Bertz CT molecular complexity index is 627. The van der Waals surface area contributed by atoms with E-state index in [0.717, 1.165) is 5.56 Å². The average molecular weight is 333 g/mol. The Balaban J connectivity index is 2.30. The van der Waals surface area contributed by atoms with Crippen molar-refractivity contribution in [1.82, 2.24) is 4.31 Å². The van der Waals surface area contributed by atoms with Gasteiger partial charge in [0.05, 0.1) is 18.1 Å². The van der Waals surface area contributed by atoms with Crippen LogP contribution in [0.2, 0.25) is 0 Å². The number of rotatable bonds is 4. The number of nitrogens with one attached hydrogen (secondary N) is 1. The van der Waals surface area contributed by atoms with Gasteiger partial charge in [-0.3, -0.25) is 4.79 Å². The van der Waals surface area contributed by atoms with E-state index in [1.54, 1.807) is 13.0 Å². The van der Waals surface area contributed by atoms with Crippen LogP contribution in [0.15, 0.2) is 23.1 Å². The summed E-state index contributed by atoms with van der Waals surface area (Å²) in [6.07, 6.45) is 0. The quantitative estimate of drug-likeness (QED) is 0.840. The van der Waals surface area contributed by atoms with E-state index in [1.165, 1.54) is 16.4 Å². The Morgan fingerprint density at radius 1 is 1.38 bits per heavy atom. The van der Waals surface area contributed by atoms with Crippen LogP contribution >= 0.6 is 11.6 Å². The summed E-state index contributed by atoms with van der Waals surface area (Å²) in [5.41, 5.74) is 1.23. The van der Waals surface area contributed by atoms with E-state index < -0.39 is 10.0 Å². The molecule has 1 heterocycles. The molecule has 1 aliphatic rings. The molecule has 0 radical (unpaired) electrons. The maximum Gasteiger partial charge on any atom is 0.243 e. The number of alkyl halides is 1. The van der Waals surface area contributed by atoms with Crippen LogP contribution < -0.4 is 5.32 Å². The highest BCUT2D eigenvalue weighted by Gasteiger charge is 2.26. The van der Waals surface area contributed by atoms with Gasteiger partial charge in [-0.25, -0.2) is 8.42 Å². The number of aryl methyl sites for hydroxylation is 1. The highest BCUT2D eigenvalue weighted by atomic mass is 35.5. The van der Waals surface area contributed by atoms with Crippen molar-refractivity contribution in [3.05, 3.63) is 23.8 Å². The lowest BCUT2D eigenvalue weighted by Gasteiger charge is -2.26. The molecule has 116 valence electrons. The van der Waals surface area contributed by atoms with Crippen molar-refractivity contribution in [3.63, 3.8) is 0 Å². The van der Waals surface area contributed by atoms with Gasteiger partial charge in [0.2, 0.25) is 15.9 Å². The van der Waals surface area contributed by atoms with Crippen LogP contribution in [0, 0.1) is 6.92 Å². The molecule has 1 saturated heterocycles. The number of ether oxygens (including phenoxy) is 1. The second-order valence-electron chi connectivity index (χ2n) is 4.67. The maximum atomic E-state index is 12.5. The van der Waals surface area contributed by atoms with Gasteiger partial charge in [0.15, 0.2) is 0 Å². The normalized spacial score (nSPS) is 16.7. The minimum atomic E-state index is -3.57. The van der Waals surface area contributed by atoms with Gasteiger partial charge < -0.3 is 10.1 Å². The second-order valence-corrected chi connectivity index (χ2v) is 6.88. The highest BCUT2D eigenvalue weighted by Crippen LogP contribution is 2.23. The first-order valence-corrected chi connectivity index (χ1v) is 8.47.